The third-order valence-corrected chi connectivity index (χ3v) is 5.35. The highest BCUT2D eigenvalue weighted by atomic mass is 16.5. The third kappa shape index (κ3) is 4.04. The number of aromatic nitrogens is 1. The van der Waals surface area contributed by atoms with Gasteiger partial charge in [0.05, 0.1) is 5.56 Å². The Morgan fingerprint density at radius 2 is 1.97 bits per heavy atom. The first-order chi connectivity index (χ1) is 13.8. The summed E-state index contributed by atoms with van der Waals surface area (Å²) in [6, 6.07) is 5.83. The number of nitriles is 1. The molecular weight excluding hydrogens is 374 g/mol. The lowest BCUT2D eigenvalue weighted by Gasteiger charge is -2.19. The minimum atomic E-state index is -0.892. The molecule has 3 N–H and O–H groups in total. The molecule has 1 aromatic carbocycles. The van der Waals surface area contributed by atoms with Crippen molar-refractivity contribution in [3.8, 4) is 17.6 Å². The summed E-state index contributed by atoms with van der Waals surface area (Å²) in [6.07, 6.45) is 4.17. The van der Waals surface area contributed by atoms with Crippen molar-refractivity contribution in [2.24, 2.45) is 0 Å². The number of aromatic hydroxyl groups is 2. The van der Waals surface area contributed by atoms with Crippen LogP contribution in [-0.4, -0.2) is 33.3 Å². The molecule has 1 heterocycles. The summed E-state index contributed by atoms with van der Waals surface area (Å²) in [7, 11) is 0. The predicted octanol–water partition coefficient (Wildman–Crippen LogP) is 3.30. The Kier molecular flexibility index (Phi) is 5.78. The van der Waals surface area contributed by atoms with Crippen LogP contribution in [0.25, 0.3) is 0 Å². The SMILES string of the molecule is Cc1c(C#N)c(NC(=O)COC(=O)c2ccc(O)cc2O)n(C2CCCC2)c1C. The monoisotopic (exact) mass is 397 g/mol. The number of phenols is 2. The van der Waals surface area contributed by atoms with Crippen LogP contribution in [0, 0.1) is 25.2 Å². The maximum absolute atomic E-state index is 12.4. The topological polar surface area (TPSA) is 125 Å². The highest BCUT2D eigenvalue weighted by Crippen LogP contribution is 2.37. The fourth-order valence-corrected chi connectivity index (χ4v) is 3.78. The van der Waals surface area contributed by atoms with Gasteiger partial charge in [0.2, 0.25) is 0 Å². The first-order valence-corrected chi connectivity index (χ1v) is 9.44. The molecule has 0 unspecified atom stereocenters. The largest absolute Gasteiger partial charge is 0.508 e. The Morgan fingerprint density at radius 1 is 1.28 bits per heavy atom. The first kappa shape index (κ1) is 20.3. The Bertz CT molecular complexity index is 997. The summed E-state index contributed by atoms with van der Waals surface area (Å²) in [6.45, 7) is 3.21. The summed E-state index contributed by atoms with van der Waals surface area (Å²) >= 11 is 0. The molecule has 1 fully saturated rings. The molecule has 1 saturated carbocycles. The smallest absolute Gasteiger partial charge is 0.342 e. The van der Waals surface area contributed by atoms with Crippen molar-refractivity contribution < 1.29 is 24.5 Å². The molecule has 152 valence electrons. The summed E-state index contributed by atoms with van der Waals surface area (Å²) in [4.78, 5) is 24.5. The molecule has 29 heavy (non-hydrogen) atoms. The number of carbonyl (C=O) groups is 2. The van der Waals surface area contributed by atoms with Crippen LogP contribution in [0.1, 0.15) is 58.9 Å². The summed E-state index contributed by atoms with van der Waals surface area (Å²) < 4.78 is 6.98. The van der Waals surface area contributed by atoms with Crippen LogP contribution in [0.2, 0.25) is 0 Å². The summed E-state index contributed by atoms with van der Waals surface area (Å²) in [5.41, 5.74) is 2.01. The molecule has 0 atom stereocenters. The van der Waals surface area contributed by atoms with E-state index < -0.39 is 24.2 Å². The molecule has 1 aliphatic rings. The van der Waals surface area contributed by atoms with Crippen molar-refractivity contribution in [1.29, 1.82) is 5.26 Å². The second-order valence-electron chi connectivity index (χ2n) is 7.18. The van der Waals surface area contributed by atoms with Gasteiger partial charge in [-0.2, -0.15) is 5.26 Å². The fraction of sp³-hybridized carbons (Fsp3) is 0.381. The lowest BCUT2D eigenvalue weighted by Crippen LogP contribution is -2.24. The average Bonchev–Trinajstić information content (AvgIpc) is 3.27. The van der Waals surface area contributed by atoms with E-state index in [4.69, 9.17) is 4.74 Å². The second kappa shape index (κ2) is 8.27. The van der Waals surface area contributed by atoms with Crippen LogP contribution >= 0.6 is 0 Å². The number of anilines is 1. The van der Waals surface area contributed by atoms with Crippen LogP contribution in [0.4, 0.5) is 5.82 Å². The molecule has 0 spiro atoms. The van der Waals surface area contributed by atoms with E-state index in [0.29, 0.717) is 11.4 Å². The van der Waals surface area contributed by atoms with E-state index in [1.165, 1.54) is 12.1 Å². The van der Waals surface area contributed by atoms with E-state index in [2.05, 4.69) is 11.4 Å². The van der Waals surface area contributed by atoms with Gasteiger partial charge in [0.25, 0.3) is 5.91 Å². The number of benzene rings is 1. The highest BCUT2D eigenvalue weighted by molar-refractivity contribution is 5.97. The lowest BCUT2D eigenvalue weighted by atomic mass is 10.2. The first-order valence-electron chi connectivity index (χ1n) is 9.44. The molecule has 8 heteroatoms. The number of hydrogen-bond acceptors (Lipinski definition) is 6. The van der Waals surface area contributed by atoms with Crippen LogP contribution in [0.3, 0.4) is 0 Å². The minimum Gasteiger partial charge on any atom is -0.508 e. The normalized spacial score (nSPS) is 13.8. The number of carbonyl (C=O) groups excluding carboxylic acids is 2. The van der Waals surface area contributed by atoms with Gasteiger partial charge in [-0.25, -0.2) is 4.79 Å². The van der Waals surface area contributed by atoms with E-state index in [-0.39, 0.29) is 17.4 Å². The van der Waals surface area contributed by atoms with Gasteiger partial charge in [-0.1, -0.05) is 12.8 Å². The molecule has 0 radical (unpaired) electrons. The summed E-state index contributed by atoms with van der Waals surface area (Å²) in [5, 5.41) is 31.3. The van der Waals surface area contributed by atoms with Gasteiger partial charge >= 0.3 is 5.97 Å². The Hall–Kier alpha value is -3.47. The molecule has 3 rings (SSSR count). The van der Waals surface area contributed by atoms with Gasteiger partial charge in [0.15, 0.2) is 6.61 Å². The van der Waals surface area contributed by atoms with E-state index in [0.717, 1.165) is 43.0 Å². The quantitative estimate of drug-likeness (QED) is 0.665. The Morgan fingerprint density at radius 3 is 2.59 bits per heavy atom. The number of nitrogens with zero attached hydrogens (tertiary/aromatic N) is 2. The molecule has 2 aromatic rings. The van der Waals surface area contributed by atoms with Crippen LogP contribution < -0.4 is 5.32 Å². The van der Waals surface area contributed by atoms with Crippen LogP contribution in [0.15, 0.2) is 18.2 Å². The minimum absolute atomic E-state index is 0.158. The molecule has 0 bridgehead atoms. The maximum Gasteiger partial charge on any atom is 0.342 e. The predicted molar refractivity (Wildman–Crippen MR) is 105 cm³/mol. The average molecular weight is 397 g/mol. The number of ether oxygens (including phenoxy) is 1. The van der Waals surface area contributed by atoms with Crippen LogP contribution in [0.5, 0.6) is 11.5 Å². The number of phenolic OH excluding ortho intramolecular Hbond substituents is 2. The molecule has 1 aliphatic carbocycles. The van der Waals surface area contributed by atoms with Crippen molar-refractivity contribution in [2.45, 2.75) is 45.6 Å². The number of amides is 1. The van der Waals surface area contributed by atoms with Gasteiger partial charge < -0.3 is 24.8 Å². The molecule has 0 aliphatic heterocycles. The van der Waals surface area contributed by atoms with Gasteiger partial charge in [-0.05, 0) is 44.4 Å². The third-order valence-electron chi connectivity index (χ3n) is 5.35. The van der Waals surface area contributed by atoms with E-state index in [1.807, 2.05) is 18.4 Å². The molecular formula is C21H23N3O5. The maximum atomic E-state index is 12.4. The van der Waals surface area contributed by atoms with Gasteiger partial charge in [0.1, 0.15) is 28.9 Å². The van der Waals surface area contributed by atoms with E-state index in [1.54, 1.807) is 0 Å². The van der Waals surface area contributed by atoms with Crippen molar-refractivity contribution in [1.82, 2.24) is 4.57 Å². The standard InChI is InChI=1S/C21H23N3O5/c1-12-13(2)24(14-5-3-4-6-14)20(17(12)10-22)23-19(27)11-29-21(28)16-8-7-15(25)9-18(16)26/h7-9,14,25-26H,3-6,11H2,1-2H3,(H,23,27). The van der Waals surface area contributed by atoms with Crippen molar-refractivity contribution in [2.75, 3.05) is 11.9 Å². The Balaban J connectivity index is 1.74. The lowest BCUT2D eigenvalue weighted by molar-refractivity contribution is -0.119. The Labute approximate surface area is 168 Å². The van der Waals surface area contributed by atoms with Gasteiger partial charge in [-0.15, -0.1) is 0 Å². The zero-order valence-corrected chi connectivity index (χ0v) is 16.4. The van der Waals surface area contributed by atoms with E-state index >= 15 is 0 Å². The summed E-state index contributed by atoms with van der Waals surface area (Å²) in [5.74, 6) is -1.67. The van der Waals surface area contributed by atoms with E-state index in [9.17, 15) is 25.1 Å². The van der Waals surface area contributed by atoms with Crippen LogP contribution in [-0.2, 0) is 9.53 Å². The number of esters is 1. The van der Waals surface area contributed by atoms with Gasteiger partial charge in [-0.3, -0.25) is 4.79 Å². The number of hydrogen-bond donors (Lipinski definition) is 3. The van der Waals surface area contributed by atoms with Crippen molar-refractivity contribution in [3.05, 3.63) is 40.6 Å². The highest BCUT2D eigenvalue weighted by Gasteiger charge is 2.27. The molecule has 1 amide bonds. The van der Waals surface area contributed by atoms with Gasteiger partial charge in [0, 0.05) is 17.8 Å². The molecule has 8 nitrogen and oxygen atoms in total. The zero-order chi connectivity index (χ0) is 21.1. The second-order valence-corrected chi connectivity index (χ2v) is 7.18. The van der Waals surface area contributed by atoms with Crippen molar-refractivity contribution >= 4 is 17.7 Å². The molecule has 0 saturated heterocycles. The zero-order valence-electron chi connectivity index (χ0n) is 16.4. The van der Waals surface area contributed by atoms with Crippen molar-refractivity contribution in [3.63, 3.8) is 0 Å². The number of nitrogens with one attached hydrogen (secondary N) is 1. The molecule has 1 aromatic heterocycles. The fourth-order valence-electron chi connectivity index (χ4n) is 3.78. The number of rotatable bonds is 5.